The Kier molecular flexibility index (Phi) is 6.97. The third-order valence-corrected chi connectivity index (χ3v) is 5.93. The van der Waals surface area contributed by atoms with E-state index in [-0.39, 0.29) is 16.7 Å². The fraction of sp³-hybridized carbons (Fsp3) is 0.316. The number of nitrogens with one attached hydrogen (secondary N) is 2. The van der Waals surface area contributed by atoms with Gasteiger partial charge in [-0.05, 0) is 42.7 Å². The minimum atomic E-state index is -3.79. The van der Waals surface area contributed by atoms with Crippen molar-refractivity contribution in [1.82, 2.24) is 10.0 Å². The lowest BCUT2D eigenvalue weighted by Crippen LogP contribution is -2.49. The highest BCUT2D eigenvalue weighted by Crippen LogP contribution is 2.16. The molecule has 2 aromatic rings. The summed E-state index contributed by atoms with van der Waals surface area (Å²) in [6.45, 7) is 5.96. The molecule has 140 valence electrons. The maximum absolute atomic E-state index is 12.6. The first-order valence-electron chi connectivity index (χ1n) is 8.30. The molecule has 0 aliphatic heterocycles. The SMILES string of the molecule is Cc1ccc(CNC(=O)[C@@H](NS(=O)(=O)c2ccc(Br)cc2)C(C)C)cc1. The van der Waals surface area contributed by atoms with Crippen LogP contribution in [0.1, 0.15) is 25.0 Å². The predicted octanol–water partition coefficient (Wildman–Crippen LogP) is 3.38. The lowest BCUT2D eigenvalue weighted by Gasteiger charge is -2.21. The van der Waals surface area contributed by atoms with E-state index in [4.69, 9.17) is 0 Å². The van der Waals surface area contributed by atoms with Gasteiger partial charge in [0.2, 0.25) is 15.9 Å². The molecular formula is C19H23BrN2O3S. The molecule has 0 saturated heterocycles. The third kappa shape index (κ3) is 5.65. The Hall–Kier alpha value is -1.70. The van der Waals surface area contributed by atoms with Gasteiger partial charge < -0.3 is 5.32 Å². The number of hydrogen-bond acceptors (Lipinski definition) is 3. The average molecular weight is 439 g/mol. The van der Waals surface area contributed by atoms with Crippen LogP contribution in [0.3, 0.4) is 0 Å². The van der Waals surface area contributed by atoms with Crippen molar-refractivity contribution in [2.45, 2.75) is 38.3 Å². The van der Waals surface area contributed by atoms with Gasteiger partial charge in [0.1, 0.15) is 6.04 Å². The molecule has 2 rings (SSSR count). The molecule has 26 heavy (non-hydrogen) atoms. The van der Waals surface area contributed by atoms with E-state index in [9.17, 15) is 13.2 Å². The fourth-order valence-corrected chi connectivity index (χ4v) is 3.95. The largest absolute Gasteiger partial charge is 0.351 e. The van der Waals surface area contributed by atoms with Crippen molar-refractivity contribution in [2.24, 2.45) is 5.92 Å². The molecule has 0 saturated carbocycles. The molecule has 1 atom stereocenters. The molecule has 1 amide bonds. The second-order valence-electron chi connectivity index (χ2n) is 6.50. The molecule has 2 aromatic carbocycles. The second kappa shape index (κ2) is 8.79. The van der Waals surface area contributed by atoms with E-state index in [2.05, 4.69) is 26.0 Å². The fourth-order valence-electron chi connectivity index (χ4n) is 2.35. The molecular weight excluding hydrogens is 416 g/mol. The first-order valence-corrected chi connectivity index (χ1v) is 10.6. The topological polar surface area (TPSA) is 75.3 Å². The quantitative estimate of drug-likeness (QED) is 0.695. The van der Waals surface area contributed by atoms with Crippen LogP contribution < -0.4 is 10.0 Å². The summed E-state index contributed by atoms with van der Waals surface area (Å²) in [5, 5.41) is 2.81. The maximum atomic E-state index is 12.6. The van der Waals surface area contributed by atoms with E-state index in [1.807, 2.05) is 31.2 Å². The van der Waals surface area contributed by atoms with E-state index in [1.165, 1.54) is 12.1 Å². The van der Waals surface area contributed by atoms with Gasteiger partial charge in [-0.15, -0.1) is 0 Å². The maximum Gasteiger partial charge on any atom is 0.241 e. The number of carbonyl (C=O) groups excluding carboxylic acids is 1. The highest BCUT2D eigenvalue weighted by Gasteiger charge is 2.28. The molecule has 5 nitrogen and oxygen atoms in total. The number of rotatable bonds is 7. The van der Waals surface area contributed by atoms with E-state index >= 15 is 0 Å². The predicted molar refractivity (Wildman–Crippen MR) is 106 cm³/mol. The van der Waals surface area contributed by atoms with Crippen LogP contribution in [0.25, 0.3) is 0 Å². The molecule has 0 spiro atoms. The Morgan fingerprint density at radius 2 is 1.62 bits per heavy atom. The van der Waals surface area contributed by atoms with E-state index in [0.29, 0.717) is 6.54 Å². The summed E-state index contributed by atoms with van der Waals surface area (Å²) in [6.07, 6.45) is 0. The molecule has 0 heterocycles. The van der Waals surface area contributed by atoms with Gasteiger partial charge in [-0.3, -0.25) is 4.79 Å². The van der Waals surface area contributed by atoms with Crippen LogP contribution in [0.2, 0.25) is 0 Å². The van der Waals surface area contributed by atoms with Crippen LogP contribution in [0, 0.1) is 12.8 Å². The number of aryl methyl sites for hydroxylation is 1. The molecule has 7 heteroatoms. The number of amides is 1. The van der Waals surface area contributed by atoms with Crippen molar-refractivity contribution in [2.75, 3.05) is 0 Å². The number of benzene rings is 2. The normalized spacial score (nSPS) is 12.8. The van der Waals surface area contributed by atoms with Crippen molar-refractivity contribution in [3.8, 4) is 0 Å². The Bertz CT molecular complexity index is 847. The summed E-state index contributed by atoms with van der Waals surface area (Å²) in [5.41, 5.74) is 2.10. The lowest BCUT2D eigenvalue weighted by molar-refractivity contribution is -0.123. The van der Waals surface area contributed by atoms with Crippen LogP contribution in [0.5, 0.6) is 0 Å². The van der Waals surface area contributed by atoms with Crippen molar-refractivity contribution in [1.29, 1.82) is 0 Å². The summed E-state index contributed by atoms with van der Waals surface area (Å²) in [7, 11) is -3.79. The summed E-state index contributed by atoms with van der Waals surface area (Å²) in [6, 6.07) is 13.2. The third-order valence-electron chi connectivity index (χ3n) is 3.94. The first kappa shape index (κ1) is 20.6. The molecule has 0 bridgehead atoms. The Morgan fingerprint density at radius 3 is 2.15 bits per heavy atom. The van der Waals surface area contributed by atoms with E-state index in [0.717, 1.165) is 15.6 Å². The molecule has 0 fully saturated rings. The Labute approximate surface area is 163 Å². The average Bonchev–Trinajstić information content (AvgIpc) is 2.59. The van der Waals surface area contributed by atoms with Gasteiger partial charge in [0.05, 0.1) is 4.90 Å². The van der Waals surface area contributed by atoms with Crippen molar-refractivity contribution >= 4 is 31.9 Å². The van der Waals surface area contributed by atoms with Gasteiger partial charge >= 0.3 is 0 Å². The van der Waals surface area contributed by atoms with Crippen LogP contribution in [0.4, 0.5) is 0 Å². The number of sulfonamides is 1. The summed E-state index contributed by atoms with van der Waals surface area (Å²) in [4.78, 5) is 12.7. The molecule has 0 unspecified atom stereocenters. The van der Waals surface area contributed by atoms with Crippen LogP contribution in [0.15, 0.2) is 57.9 Å². The summed E-state index contributed by atoms with van der Waals surface area (Å²) < 4.78 is 28.4. The van der Waals surface area contributed by atoms with Crippen molar-refractivity contribution in [3.63, 3.8) is 0 Å². The first-order chi connectivity index (χ1) is 12.2. The van der Waals surface area contributed by atoms with E-state index < -0.39 is 16.1 Å². The number of hydrogen-bond donors (Lipinski definition) is 2. The standard InChI is InChI=1S/C19H23BrN2O3S/c1-13(2)18(19(23)21-12-15-6-4-14(3)5-7-15)22-26(24,25)17-10-8-16(20)9-11-17/h4-11,13,18,22H,12H2,1-3H3,(H,21,23)/t18-/m0/s1. The Morgan fingerprint density at radius 1 is 1.04 bits per heavy atom. The Balaban J connectivity index is 2.08. The van der Waals surface area contributed by atoms with Crippen molar-refractivity contribution < 1.29 is 13.2 Å². The summed E-state index contributed by atoms with van der Waals surface area (Å²) in [5.74, 6) is -0.542. The highest BCUT2D eigenvalue weighted by atomic mass is 79.9. The van der Waals surface area contributed by atoms with Crippen LogP contribution in [-0.4, -0.2) is 20.4 Å². The van der Waals surface area contributed by atoms with Gasteiger partial charge in [0.15, 0.2) is 0 Å². The smallest absolute Gasteiger partial charge is 0.241 e. The zero-order chi connectivity index (χ0) is 19.3. The van der Waals surface area contributed by atoms with E-state index in [1.54, 1.807) is 26.0 Å². The van der Waals surface area contributed by atoms with Gasteiger partial charge in [-0.25, -0.2) is 8.42 Å². The van der Waals surface area contributed by atoms with Gasteiger partial charge in [0, 0.05) is 11.0 Å². The van der Waals surface area contributed by atoms with Gasteiger partial charge in [-0.2, -0.15) is 4.72 Å². The summed E-state index contributed by atoms with van der Waals surface area (Å²) >= 11 is 3.28. The van der Waals surface area contributed by atoms with Crippen LogP contribution >= 0.6 is 15.9 Å². The molecule has 0 aromatic heterocycles. The minimum Gasteiger partial charge on any atom is -0.351 e. The second-order valence-corrected chi connectivity index (χ2v) is 9.13. The van der Waals surface area contributed by atoms with Crippen LogP contribution in [-0.2, 0) is 21.4 Å². The van der Waals surface area contributed by atoms with Crippen molar-refractivity contribution in [3.05, 3.63) is 64.1 Å². The number of halogens is 1. The molecule has 0 radical (unpaired) electrons. The highest BCUT2D eigenvalue weighted by molar-refractivity contribution is 9.10. The monoisotopic (exact) mass is 438 g/mol. The molecule has 0 aliphatic rings. The van der Waals surface area contributed by atoms with Gasteiger partial charge in [0.25, 0.3) is 0 Å². The zero-order valence-electron chi connectivity index (χ0n) is 15.0. The van der Waals surface area contributed by atoms with Gasteiger partial charge in [-0.1, -0.05) is 59.6 Å². The lowest BCUT2D eigenvalue weighted by atomic mass is 10.0. The molecule has 2 N–H and O–H groups in total. The molecule has 0 aliphatic carbocycles. The zero-order valence-corrected chi connectivity index (χ0v) is 17.4. The number of carbonyl (C=O) groups is 1. The minimum absolute atomic E-state index is 0.123.